The van der Waals surface area contributed by atoms with Crippen molar-refractivity contribution in [1.29, 1.82) is 0 Å². The monoisotopic (exact) mass is 418 g/mol. The molecular weight excluding hydrogens is 388 g/mol. The Morgan fingerprint density at radius 3 is 2.77 bits per heavy atom. The van der Waals surface area contributed by atoms with E-state index in [4.69, 9.17) is 18.9 Å². The molecule has 164 valence electrons. The average molecular weight is 418 g/mol. The Balaban J connectivity index is 1.84. The number of allylic oxidation sites excluding steroid dienone is 1. The minimum absolute atomic E-state index is 0.129. The van der Waals surface area contributed by atoms with Gasteiger partial charge in [-0.05, 0) is 45.3 Å². The zero-order valence-corrected chi connectivity index (χ0v) is 17.8. The van der Waals surface area contributed by atoms with Crippen molar-refractivity contribution < 1.29 is 33.6 Å². The van der Waals surface area contributed by atoms with Crippen LogP contribution in [0.4, 0.5) is 0 Å². The second kappa shape index (κ2) is 8.88. The molecule has 2 saturated heterocycles. The summed E-state index contributed by atoms with van der Waals surface area (Å²) in [6, 6.07) is 0. The standard InChI is InChI=1S/C23H30O7/c1-13-7-6-8-16(11-24)10-18-20(15(3)22(26)29-18)17(9-13)28-21(25)14(2)19-12-27-23(4,5)30-19/h7,10,17-20,24H,2-3,6,8-9,11-12H2,1,4-5H3/b13-7-,16-10+/t17-,18+,19-,20+/m0/s1. The molecule has 0 radical (unpaired) electrons. The lowest BCUT2D eigenvalue weighted by atomic mass is 9.85. The van der Waals surface area contributed by atoms with Gasteiger partial charge in [0, 0.05) is 12.0 Å². The Morgan fingerprint density at radius 1 is 1.40 bits per heavy atom. The van der Waals surface area contributed by atoms with Gasteiger partial charge in [0.15, 0.2) is 5.79 Å². The van der Waals surface area contributed by atoms with E-state index in [1.165, 1.54) is 0 Å². The molecule has 30 heavy (non-hydrogen) atoms. The third-order valence-electron chi connectivity index (χ3n) is 5.66. The molecule has 2 aliphatic heterocycles. The first-order valence-electron chi connectivity index (χ1n) is 10.2. The lowest BCUT2D eigenvalue weighted by molar-refractivity contribution is -0.151. The molecule has 0 aromatic rings. The third kappa shape index (κ3) is 4.91. The predicted molar refractivity (Wildman–Crippen MR) is 109 cm³/mol. The Labute approximate surface area is 177 Å². The minimum Gasteiger partial charge on any atom is -0.458 e. The van der Waals surface area contributed by atoms with Crippen molar-refractivity contribution in [3.63, 3.8) is 0 Å². The highest BCUT2D eigenvalue weighted by molar-refractivity contribution is 5.92. The molecule has 0 bridgehead atoms. The van der Waals surface area contributed by atoms with Crippen molar-refractivity contribution in [1.82, 2.24) is 0 Å². The Hall–Kier alpha value is -2.22. The van der Waals surface area contributed by atoms with Crippen LogP contribution in [0, 0.1) is 5.92 Å². The van der Waals surface area contributed by atoms with Crippen LogP contribution >= 0.6 is 0 Å². The number of esters is 2. The smallest absolute Gasteiger partial charge is 0.336 e. The molecule has 0 spiro atoms. The van der Waals surface area contributed by atoms with Crippen LogP contribution in [0.25, 0.3) is 0 Å². The fraction of sp³-hybridized carbons (Fsp3) is 0.565. The largest absolute Gasteiger partial charge is 0.458 e. The molecule has 1 N–H and O–H groups in total. The fourth-order valence-electron chi connectivity index (χ4n) is 3.98. The van der Waals surface area contributed by atoms with Crippen molar-refractivity contribution in [3.05, 3.63) is 47.6 Å². The van der Waals surface area contributed by atoms with Crippen molar-refractivity contribution in [2.75, 3.05) is 13.2 Å². The summed E-state index contributed by atoms with van der Waals surface area (Å²) in [6.07, 6.45) is 3.74. The van der Waals surface area contributed by atoms with Crippen LogP contribution in [0.3, 0.4) is 0 Å². The molecule has 2 fully saturated rings. The van der Waals surface area contributed by atoms with Gasteiger partial charge in [0.05, 0.1) is 24.7 Å². The summed E-state index contributed by atoms with van der Waals surface area (Å²) < 4.78 is 22.5. The van der Waals surface area contributed by atoms with E-state index in [0.717, 1.165) is 17.6 Å². The fourth-order valence-corrected chi connectivity index (χ4v) is 3.98. The number of aliphatic hydroxyl groups excluding tert-OH is 1. The number of carbonyl (C=O) groups is 2. The van der Waals surface area contributed by atoms with Crippen LogP contribution in [-0.4, -0.2) is 54.4 Å². The van der Waals surface area contributed by atoms with Crippen LogP contribution in [-0.2, 0) is 28.5 Å². The van der Waals surface area contributed by atoms with E-state index >= 15 is 0 Å². The number of carbonyl (C=O) groups excluding carboxylic acids is 2. The van der Waals surface area contributed by atoms with Crippen molar-refractivity contribution in [3.8, 4) is 0 Å². The van der Waals surface area contributed by atoms with Crippen molar-refractivity contribution in [2.45, 2.75) is 64.1 Å². The van der Waals surface area contributed by atoms with Gasteiger partial charge < -0.3 is 24.1 Å². The predicted octanol–water partition coefficient (Wildman–Crippen LogP) is 2.75. The average Bonchev–Trinajstić information content (AvgIpc) is 3.18. The molecule has 3 aliphatic rings. The summed E-state index contributed by atoms with van der Waals surface area (Å²) in [4.78, 5) is 25.1. The Bertz CT molecular complexity index is 804. The second-order valence-electron chi connectivity index (χ2n) is 8.48. The van der Waals surface area contributed by atoms with Crippen molar-refractivity contribution in [2.24, 2.45) is 5.92 Å². The molecule has 0 aromatic carbocycles. The number of fused-ring (bicyclic) bond motifs is 1. The molecule has 4 atom stereocenters. The van der Waals surface area contributed by atoms with Crippen LogP contribution in [0.5, 0.6) is 0 Å². The number of ether oxygens (including phenoxy) is 4. The van der Waals surface area contributed by atoms with Gasteiger partial charge in [-0.1, -0.05) is 24.8 Å². The van der Waals surface area contributed by atoms with E-state index in [9.17, 15) is 14.7 Å². The van der Waals surface area contributed by atoms with Gasteiger partial charge >= 0.3 is 11.9 Å². The molecule has 0 aromatic heterocycles. The van der Waals surface area contributed by atoms with Crippen LogP contribution < -0.4 is 0 Å². The Morgan fingerprint density at radius 2 is 2.13 bits per heavy atom. The zero-order valence-electron chi connectivity index (χ0n) is 17.8. The maximum Gasteiger partial charge on any atom is 0.336 e. The minimum atomic E-state index is -0.791. The number of rotatable bonds is 4. The lowest BCUT2D eigenvalue weighted by Gasteiger charge is -2.28. The van der Waals surface area contributed by atoms with Gasteiger partial charge in [-0.3, -0.25) is 0 Å². The van der Waals surface area contributed by atoms with E-state index < -0.39 is 42.0 Å². The lowest BCUT2D eigenvalue weighted by Crippen LogP contribution is -2.35. The van der Waals surface area contributed by atoms with Crippen molar-refractivity contribution >= 4 is 11.9 Å². The van der Waals surface area contributed by atoms with E-state index in [1.807, 2.05) is 6.92 Å². The number of hydrogen-bond acceptors (Lipinski definition) is 7. The molecular formula is C23H30O7. The van der Waals surface area contributed by atoms with E-state index in [2.05, 4.69) is 19.2 Å². The van der Waals surface area contributed by atoms with Crippen LogP contribution in [0.15, 0.2) is 47.6 Å². The first kappa shape index (κ1) is 22.5. The maximum absolute atomic E-state index is 12.9. The summed E-state index contributed by atoms with van der Waals surface area (Å²) >= 11 is 0. The molecule has 0 saturated carbocycles. The zero-order chi connectivity index (χ0) is 22.1. The summed E-state index contributed by atoms with van der Waals surface area (Å²) in [6.45, 7) is 13.3. The van der Waals surface area contributed by atoms with Gasteiger partial charge in [-0.15, -0.1) is 0 Å². The van der Waals surface area contributed by atoms with Crippen LogP contribution in [0.2, 0.25) is 0 Å². The summed E-state index contributed by atoms with van der Waals surface area (Å²) in [5, 5.41) is 9.66. The Kier molecular flexibility index (Phi) is 6.65. The van der Waals surface area contributed by atoms with E-state index in [-0.39, 0.29) is 24.4 Å². The van der Waals surface area contributed by atoms with E-state index in [0.29, 0.717) is 12.8 Å². The summed E-state index contributed by atoms with van der Waals surface area (Å²) in [5.41, 5.74) is 2.21. The first-order chi connectivity index (χ1) is 14.1. The molecule has 0 amide bonds. The highest BCUT2D eigenvalue weighted by atomic mass is 16.7. The molecule has 2 heterocycles. The van der Waals surface area contributed by atoms with Gasteiger partial charge in [0.25, 0.3) is 0 Å². The molecule has 7 nitrogen and oxygen atoms in total. The SMILES string of the molecule is C=C1C(=O)O[C@@H]2/C=C(/CO)CC/C=C(/C)C[C@H](OC(=O)C(=C)[C@@H]3COC(C)(C)O3)[C@@H]12. The van der Waals surface area contributed by atoms with Gasteiger partial charge in [-0.2, -0.15) is 0 Å². The topological polar surface area (TPSA) is 91.3 Å². The first-order valence-corrected chi connectivity index (χ1v) is 10.2. The maximum atomic E-state index is 12.9. The highest BCUT2D eigenvalue weighted by Crippen LogP contribution is 2.37. The number of hydrogen-bond donors (Lipinski definition) is 1. The van der Waals surface area contributed by atoms with Gasteiger partial charge in [0.1, 0.15) is 18.3 Å². The summed E-state index contributed by atoms with van der Waals surface area (Å²) in [5.74, 6) is -2.46. The normalized spacial score (nSPS) is 34.8. The van der Waals surface area contributed by atoms with Crippen LogP contribution in [0.1, 0.15) is 40.0 Å². The molecule has 3 rings (SSSR count). The van der Waals surface area contributed by atoms with Gasteiger partial charge in [-0.25, -0.2) is 9.59 Å². The van der Waals surface area contributed by atoms with Gasteiger partial charge in [0.2, 0.25) is 0 Å². The quantitative estimate of drug-likeness (QED) is 0.426. The highest BCUT2D eigenvalue weighted by Gasteiger charge is 2.45. The number of aliphatic hydroxyl groups is 1. The third-order valence-corrected chi connectivity index (χ3v) is 5.66. The molecule has 0 unspecified atom stereocenters. The second-order valence-corrected chi connectivity index (χ2v) is 8.48. The summed E-state index contributed by atoms with van der Waals surface area (Å²) in [7, 11) is 0. The van der Waals surface area contributed by atoms with E-state index in [1.54, 1.807) is 19.9 Å². The molecule has 1 aliphatic carbocycles. The molecule has 7 heteroatoms.